The van der Waals surface area contributed by atoms with Crippen LogP contribution in [0.5, 0.6) is 0 Å². The fourth-order valence-electron chi connectivity index (χ4n) is 2.98. The van der Waals surface area contributed by atoms with Crippen molar-refractivity contribution in [1.29, 1.82) is 5.26 Å². The van der Waals surface area contributed by atoms with E-state index >= 15 is 0 Å². The van der Waals surface area contributed by atoms with Gasteiger partial charge in [-0.25, -0.2) is 9.98 Å². The molecule has 5 heteroatoms. The highest BCUT2D eigenvalue weighted by Crippen LogP contribution is 2.36. The van der Waals surface area contributed by atoms with Gasteiger partial charge in [0.05, 0.1) is 23.6 Å². The van der Waals surface area contributed by atoms with E-state index < -0.39 is 0 Å². The summed E-state index contributed by atoms with van der Waals surface area (Å²) in [7, 11) is 0. The topological polar surface area (TPSA) is 66.0 Å². The van der Waals surface area contributed by atoms with Gasteiger partial charge in [-0.15, -0.1) is 0 Å². The number of rotatable bonds is 4. The molecule has 5 nitrogen and oxygen atoms in total. The Bertz CT molecular complexity index is 932. The molecule has 3 aromatic rings. The van der Waals surface area contributed by atoms with Gasteiger partial charge in [0.2, 0.25) is 0 Å². The van der Waals surface area contributed by atoms with Crippen molar-refractivity contribution >= 4 is 22.3 Å². The molecule has 0 amide bonds. The zero-order chi connectivity index (χ0) is 15.6. The smallest absolute Gasteiger partial charge is 0.134 e. The van der Waals surface area contributed by atoms with Crippen LogP contribution in [-0.2, 0) is 6.54 Å². The van der Waals surface area contributed by atoms with Gasteiger partial charge >= 0.3 is 0 Å². The Morgan fingerprint density at radius 3 is 3.00 bits per heavy atom. The van der Waals surface area contributed by atoms with Crippen molar-refractivity contribution < 1.29 is 0 Å². The third kappa shape index (κ3) is 2.34. The molecule has 1 aliphatic heterocycles. The number of aliphatic imine (C=N–C) groups is 1. The molecule has 0 bridgehead atoms. The molecule has 1 aromatic heterocycles. The molecule has 0 spiro atoms. The van der Waals surface area contributed by atoms with Crippen LogP contribution in [0, 0.1) is 11.3 Å². The standard InChI is InChI=1S/C18H15N5/c19-11-13-5-6-16-17-14(13)3-1-4-15(17)18(22-16)21-7-2-9-23-10-8-20-12-23/h1,3-6,8,10,12H,2,7,9H2,(H,21,22). The summed E-state index contributed by atoms with van der Waals surface area (Å²) in [5.41, 5.74) is 2.71. The Morgan fingerprint density at radius 1 is 1.22 bits per heavy atom. The Hall–Kier alpha value is -3.13. The lowest BCUT2D eigenvalue weighted by molar-refractivity contribution is 0.631. The second-order valence-electron chi connectivity index (χ2n) is 5.51. The minimum absolute atomic E-state index is 0.696. The van der Waals surface area contributed by atoms with Gasteiger partial charge in [-0.1, -0.05) is 18.2 Å². The molecule has 0 radical (unpaired) electrons. The van der Waals surface area contributed by atoms with E-state index in [4.69, 9.17) is 0 Å². The Balaban J connectivity index is 1.53. The lowest BCUT2D eigenvalue weighted by Gasteiger charge is -2.08. The summed E-state index contributed by atoms with van der Waals surface area (Å²) in [5.74, 6) is 0.895. The Labute approximate surface area is 133 Å². The average molecular weight is 301 g/mol. The van der Waals surface area contributed by atoms with Crippen LogP contribution in [0.3, 0.4) is 0 Å². The van der Waals surface area contributed by atoms with Crippen molar-refractivity contribution in [2.45, 2.75) is 13.0 Å². The average Bonchev–Trinajstić information content (AvgIpc) is 3.22. The van der Waals surface area contributed by atoms with Crippen molar-refractivity contribution in [3.05, 3.63) is 60.2 Å². The highest BCUT2D eigenvalue weighted by Gasteiger charge is 2.19. The first-order chi connectivity index (χ1) is 11.4. The number of amidine groups is 1. The monoisotopic (exact) mass is 301 g/mol. The normalized spacial score (nSPS) is 12.2. The van der Waals surface area contributed by atoms with E-state index in [0.29, 0.717) is 5.56 Å². The lowest BCUT2D eigenvalue weighted by atomic mass is 10.0. The highest BCUT2D eigenvalue weighted by atomic mass is 15.0. The Morgan fingerprint density at radius 2 is 2.17 bits per heavy atom. The predicted octanol–water partition coefficient (Wildman–Crippen LogP) is 2.98. The van der Waals surface area contributed by atoms with Crippen LogP contribution in [0.4, 0.5) is 5.69 Å². The molecule has 0 aliphatic carbocycles. The molecule has 2 aromatic carbocycles. The molecule has 0 unspecified atom stereocenters. The van der Waals surface area contributed by atoms with E-state index in [1.165, 1.54) is 0 Å². The van der Waals surface area contributed by atoms with Crippen molar-refractivity contribution in [2.24, 2.45) is 4.99 Å². The molecule has 112 valence electrons. The Kier molecular flexibility index (Phi) is 3.28. The zero-order valence-electron chi connectivity index (χ0n) is 12.5. The predicted molar refractivity (Wildman–Crippen MR) is 89.7 cm³/mol. The summed E-state index contributed by atoms with van der Waals surface area (Å²) in [4.78, 5) is 8.72. The molecule has 2 heterocycles. The third-order valence-electron chi connectivity index (χ3n) is 4.07. The van der Waals surface area contributed by atoms with Gasteiger partial charge in [0.15, 0.2) is 0 Å². The third-order valence-corrected chi connectivity index (χ3v) is 4.07. The van der Waals surface area contributed by atoms with Crippen molar-refractivity contribution in [1.82, 2.24) is 14.9 Å². The molecule has 23 heavy (non-hydrogen) atoms. The summed E-state index contributed by atoms with van der Waals surface area (Å²) in [6.45, 7) is 1.77. The maximum absolute atomic E-state index is 9.26. The van der Waals surface area contributed by atoms with Crippen LogP contribution in [-0.4, -0.2) is 21.9 Å². The number of hydrogen-bond donors (Lipinski definition) is 1. The van der Waals surface area contributed by atoms with Crippen molar-refractivity contribution in [3.8, 4) is 6.07 Å². The quantitative estimate of drug-likeness (QED) is 0.753. The van der Waals surface area contributed by atoms with Gasteiger partial charge in [0.1, 0.15) is 5.84 Å². The number of nitriles is 1. The maximum Gasteiger partial charge on any atom is 0.134 e. The summed E-state index contributed by atoms with van der Waals surface area (Å²) in [5, 5.41) is 14.7. The zero-order valence-corrected chi connectivity index (χ0v) is 12.5. The second-order valence-corrected chi connectivity index (χ2v) is 5.51. The molecule has 0 atom stereocenters. The van der Waals surface area contributed by atoms with Gasteiger partial charge in [0.25, 0.3) is 0 Å². The first kappa shape index (κ1) is 13.5. The van der Waals surface area contributed by atoms with Gasteiger partial charge in [0, 0.05) is 41.8 Å². The van der Waals surface area contributed by atoms with Gasteiger partial charge in [-0.2, -0.15) is 5.26 Å². The number of nitrogens with zero attached hydrogens (tertiary/aromatic N) is 4. The van der Waals surface area contributed by atoms with Crippen molar-refractivity contribution in [3.63, 3.8) is 0 Å². The first-order valence-corrected chi connectivity index (χ1v) is 7.61. The van der Waals surface area contributed by atoms with Crippen LogP contribution >= 0.6 is 0 Å². The van der Waals surface area contributed by atoms with E-state index in [1.807, 2.05) is 36.8 Å². The summed E-state index contributed by atoms with van der Waals surface area (Å²) in [6, 6.07) is 12.0. The van der Waals surface area contributed by atoms with Crippen LogP contribution in [0.1, 0.15) is 17.5 Å². The molecule has 0 saturated heterocycles. The van der Waals surface area contributed by atoms with Gasteiger partial charge in [-0.05, 0) is 18.6 Å². The maximum atomic E-state index is 9.26. The lowest BCUT2D eigenvalue weighted by Crippen LogP contribution is -2.24. The summed E-state index contributed by atoms with van der Waals surface area (Å²) >= 11 is 0. The number of benzene rings is 2. The number of nitrogens with one attached hydrogen (secondary N) is 1. The van der Waals surface area contributed by atoms with Crippen LogP contribution < -0.4 is 5.32 Å². The van der Waals surface area contributed by atoms with E-state index in [9.17, 15) is 5.26 Å². The fourth-order valence-corrected chi connectivity index (χ4v) is 2.98. The van der Waals surface area contributed by atoms with E-state index in [1.54, 1.807) is 6.20 Å². The molecular formula is C18H15N5. The second kappa shape index (κ2) is 5.58. The molecular weight excluding hydrogens is 286 g/mol. The van der Waals surface area contributed by atoms with E-state index in [-0.39, 0.29) is 0 Å². The summed E-state index contributed by atoms with van der Waals surface area (Å²) in [6.07, 6.45) is 6.57. The van der Waals surface area contributed by atoms with E-state index in [0.717, 1.165) is 47.4 Å². The minimum Gasteiger partial charge on any atom is -0.369 e. The molecule has 4 rings (SSSR count). The van der Waals surface area contributed by atoms with Crippen molar-refractivity contribution in [2.75, 3.05) is 6.54 Å². The van der Waals surface area contributed by atoms with Gasteiger partial charge in [-0.3, -0.25) is 0 Å². The van der Waals surface area contributed by atoms with Crippen LogP contribution in [0.25, 0.3) is 10.8 Å². The summed E-state index contributed by atoms with van der Waals surface area (Å²) < 4.78 is 2.06. The SMILES string of the molecule is N#Cc1ccc2c3c(cccc13)C(NCCCn1ccnc1)=N2. The number of aryl methyl sites for hydroxylation is 1. The fraction of sp³-hybridized carbons (Fsp3) is 0.167. The minimum atomic E-state index is 0.696. The van der Waals surface area contributed by atoms with Crippen LogP contribution in [0.2, 0.25) is 0 Å². The first-order valence-electron chi connectivity index (χ1n) is 7.61. The number of hydrogen-bond acceptors (Lipinski definition) is 4. The number of aromatic nitrogens is 2. The molecule has 0 fully saturated rings. The largest absolute Gasteiger partial charge is 0.369 e. The van der Waals surface area contributed by atoms with Crippen LogP contribution in [0.15, 0.2) is 54.0 Å². The molecule has 1 N–H and O–H groups in total. The highest BCUT2D eigenvalue weighted by molar-refractivity contribution is 6.19. The van der Waals surface area contributed by atoms with Gasteiger partial charge < -0.3 is 9.88 Å². The molecule has 1 aliphatic rings. The number of imidazole rings is 1. The van der Waals surface area contributed by atoms with E-state index in [2.05, 4.69) is 32.0 Å². The molecule has 0 saturated carbocycles.